The maximum absolute atomic E-state index is 13.4. The van der Waals surface area contributed by atoms with E-state index in [0.29, 0.717) is 5.65 Å². The van der Waals surface area contributed by atoms with Crippen LogP contribution in [0, 0.1) is 11.8 Å². The molecule has 0 radical (unpaired) electrons. The number of thiophene rings is 1. The Hall–Kier alpha value is -5.01. The summed E-state index contributed by atoms with van der Waals surface area (Å²) in [5, 5.41) is 9.27. The lowest BCUT2D eigenvalue weighted by Gasteiger charge is -2.19. The maximum Gasteiger partial charge on any atom is 0.259 e. The smallest absolute Gasteiger partial charge is 0.259 e. The second-order valence-electron chi connectivity index (χ2n) is 8.80. The van der Waals surface area contributed by atoms with Gasteiger partial charge in [0.1, 0.15) is 17.7 Å². The number of nitrogens with one attached hydrogen (secondary N) is 1. The number of carbonyl (C=O) groups is 1. The van der Waals surface area contributed by atoms with Gasteiger partial charge in [-0.2, -0.15) is 5.10 Å². The van der Waals surface area contributed by atoms with Gasteiger partial charge in [-0.15, -0.1) is 11.3 Å². The van der Waals surface area contributed by atoms with Gasteiger partial charge in [-0.05, 0) is 13.0 Å². The van der Waals surface area contributed by atoms with Gasteiger partial charge >= 0.3 is 0 Å². The van der Waals surface area contributed by atoms with Gasteiger partial charge in [-0.1, -0.05) is 42.2 Å². The number of hydrogen-bond donors (Lipinski definition) is 2. The highest BCUT2D eigenvalue weighted by Gasteiger charge is 2.22. The first-order valence-electron chi connectivity index (χ1n) is 11.8. The zero-order valence-electron chi connectivity index (χ0n) is 20.6. The average molecular weight is 519 g/mol. The Balaban J connectivity index is 1.41. The maximum atomic E-state index is 13.4. The highest BCUT2D eigenvalue weighted by molar-refractivity contribution is 7.17. The van der Waals surface area contributed by atoms with Crippen molar-refractivity contribution in [2.45, 2.75) is 13.0 Å². The molecule has 38 heavy (non-hydrogen) atoms. The van der Waals surface area contributed by atoms with E-state index in [0.717, 1.165) is 38.2 Å². The molecule has 0 saturated carbocycles. The van der Waals surface area contributed by atoms with E-state index in [1.165, 1.54) is 6.33 Å². The SMILES string of the molecule is C[C@H](NC(=O)c1c(N)ncn2ccnc12)c1cc2scc(C#Cc3cnn(C)c3)c2nc1-c1ccccc1. The van der Waals surface area contributed by atoms with Gasteiger partial charge in [0.2, 0.25) is 0 Å². The summed E-state index contributed by atoms with van der Waals surface area (Å²) in [6, 6.07) is 11.6. The molecule has 10 heteroatoms. The second kappa shape index (κ2) is 9.46. The first-order chi connectivity index (χ1) is 18.5. The minimum Gasteiger partial charge on any atom is -0.383 e. The standard InChI is InChI=1S/C28H22N8OS/c1-17(33-28(37)23-26(29)31-16-36-11-10-30-27(23)36)21-12-22-25(34-24(21)19-6-4-3-5-7-19)20(15-38-22)9-8-18-13-32-35(2)14-18/h3-7,10-17H,29H2,1-2H3,(H,33,37)/t17-/m0/s1. The number of fused-ring (bicyclic) bond motifs is 2. The van der Waals surface area contributed by atoms with Gasteiger partial charge in [0, 0.05) is 42.1 Å². The van der Waals surface area contributed by atoms with Gasteiger partial charge in [-0.25, -0.2) is 15.0 Å². The molecule has 0 aliphatic heterocycles. The van der Waals surface area contributed by atoms with Crippen LogP contribution >= 0.6 is 11.3 Å². The van der Waals surface area contributed by atoms with Crippen LogP contribution < -0.4 is 11.1 Å². The molecule has 0 saturated heterocycles. The lowest BCUT2D eigenvalue weighted by atomic mass is 9.99. The molecular formula is C28H22N8OS. The number of imidazole rings is 1. The Bertz CT molecular complexity index is 1870. The van der Waals surface area contributed by atoms with Gasteiger partial charge in [0.15, 0.2) is 5.65 Å². The largest absolute Gasteiger partial charge is 0.383 e. The molecule has 1 atom stereocenters. The molecular weight excluding hydrogens is 496 g/mol. The summed E-state index contributed by atoms with van der Waals surface area (Å²) in [5.41, 5.74) is 11.9. The molecule has 0 fully saturated rings. The predicted octanol–water partition coefficient (Wildman–Crippen LogP) is 4.21. The summed E-state index contributed by atoms with van der Waals surface area (Å²) in [7, 11) is 1.86. The Morgan fingerprint density at radius 1 is 1.18 bits per heavy atom. The number of hydrogen-bond acceptors (Lipinski definition) is 7. The van der Waals surface area contributed by atoms with Crippen molar-refractivity contribution in [1.82, 2.24) is 34.4 Å². The molecule has 186 valence electrons. The third kappa shape index (κ3) is 4.25. The van der Waals surface area contributed by atoms with Crippen LogP contribution in [0.3, 0.4) is 0 Å². The first kappa shape index (κ1) is 23.4. The van der Waals surface area contributed by atoms with Gasteiger partial charge in [0.05, 0.1) is 39.3 Å². The second-order valence-corrected chi connectivity index (χ2v) is 9.71. The van der Waals surface area contributed by atoms with Gasteiger partial charge < -0.3 is 11.1 Å². The van der Waals surface area contributed by atoms with Crippen LogP contribution in [0.15, 0.2) is 72.9 Å². The number of aromatic nitrogens is 6. The molecule has 9 nitrogen and oxygen atoms in total. The number of amides is 1. The summed E-state index contributed by atoms with van der Waals surface area (Å²) in [4.78, 5) is 26.9. The Morgan fingerprint density at radius 2 is 2.03 bits per heavy atom. The van der Waals surface area contributed by atoms with Crippen molar-refractivity contribution in [2.24, 2.45) is 7.05 Å². The number of anilines is 1. The fourth-order valence-corrected chi connectivity index (χ4v) is 5.19. The van der Waals surface area contributed by atoms with Crippen LogP contribution in [-0.2, 0) is 7.05 Å². The minimum atomic E-state index is -0.378. The molecule has 0 unspecified atom stereocenters. The van der Waals surface area contributed by atoms with E-state index in [4.69, 9.17) is 10.7 Å². The Morgan fingerprint density at radius 3 is 2.82 bits per heavy atom. The monoisotopic (exact) mass is 518 g/mol. The van der Waals surface area contributed by atoms with Gasteiger partial charge in [0.25, 0.3) is 5.91 Å². The molecule has 6 rings (SSSR count). The lowest BCUT2D eigenvalue weighted by Crippen LogP contribution is -2.29. The number of pyridine rings is 1. The highest BCUT2D eigenvalue weighted by Crippen LogP contribution is 2.34. The van der Waals surface area contributed by atoms with Crippen molar-refractivity contribution in [3.63, 3.8) is 0 Å². The average Bonchev–Trinajstić information content (AvgIpc) is 3.66. The lowest BCUT2D eigenvalue weighted by molar-refractivity contribution is 0.0941. The van der Waals surface area contributed by atoms with Crippen LogP contribution in [0.4, 0.5) is 5.82 Å². The zero-order valence-corrected chi connectivity index (χ0v) is 21.4. The quantitative estimate of drug-likeness (QED) is 0.338. The number of carbonyl (C=O) groups excluding carboxylic acids is 1. The molecule has 6 aromatic rings. The summed E-state index contributed by atoms with van der Waals surface area (Å²) in [6.07, 6.45) is 8.47. The molecule has 0 aliphatic rings. The predicted molar refractivity (Wildman–Crippen MR) is 148 cm³/mol. The zero-order chi connectivity index (χ0) is 26.2. The third-order valence-electron chi connectivity index (χ3n) is 6.18. The van der Waals surface area contributed by atoms with Crippen molar-refractivity contribution >= 4 is 38.9 Å². The summed E-state index contributed by atoms with van der Waals surface area (Å²) in [6.45, 7) is 1.93. The fourth-order valence-electron chi connectivity index (χ4n) is 4.31. The number of nitrogens with zero attached hydrogens (tertiary/aromatic N) is 6. The van der Waals surface area contributed by atoms with E-state index in [1.807, 2.05) is 55.9 Å². The third-order valence-corrected chi connectivity index (χ3v) is 7.10. The number of nitrogens with two attached hydrogens (primary N) is 1. The highest BCUT2D eigenvalue weighted by atomic mass is 32.1. The topological polar surface area (TPSA) is 116 Å². The summed E-state index contributed by atoms with van der Waals surface area (Å²) in [5.74, 6) is 6.18. The Labute approximate surface area is 222 Å². The number of nitrogen functional groups attached to an aromatic ring is 1. The van der Waals surface area contributed by atoms with Crippen LogP contribution in [0.2, 0.25) is 0 Å². The van der Waals surface area contributed by atoms with Crippen molar-refractivity contribution in [1.29, 1.82) is 0 Å². The normalized spacial score (nSPS) is 11.8. The summed E-state index contributed by atoms with van der Waals surface area (Å²) >= 11 is 1.57. The van der Waals surface area contributed by atoms with Crippen molar-refractivity contribution in [2.75, 3.05) is 5.73 Å². The molecule has 0 bridgehead atoms. The molecule has 1 amide bonds. The summed E-state index contributed by atoms with van der Waals surface area (Å²) < 4.78 is 4.37. The number of aryl methyl sites for hydroxylation is 1. The van der Waals surface area contributed by atoms with Crippen molar-refractivity contribution in [3.05, 3.63) is 95.1 Å². The first-order valence-corrected chi connectivity index (χ1v) is 12.7. The van der Waals surface area contributed by atoms with Crippen LogP contribution in [0.25, 0.3) is 27.1 Å². The minimum absolute atomic E-state index is 0.125. The molecule has 5 heterocycles. The Kier molecular flexibility index (Phi) is 5.82. The fraction of sp³-hybridized carbons (Fsp3) is 0.107. The van der Waals surface area contributed by atoms with Gasteiger partial charge in [-0.3, -0.25) is 13.9 Å². The van der Waals surface area contributed by atoms with Crippen LogP contribution in [-0.4, -0.2) is 35.0 Å². The van der Waals surface area contributed by atoms with E-state index in [1.54, 1.807) is 39.0 Å². The van der Waals surface area contributed by atoms with Crippen molar-refractivity contribution < 1.29 is 4.79 Å². The molecule has 1 aromatic carbocycles. The van der Waals surface area contributed by atoms with E-state index in [2.05, 4.69) is 38.3 Å². The molecule has 0 aliphatic carbocycles. The molecule has 0 spiro atoms. The number of benzene rings is 1. The van der Waals surface area contributed by atoms with Crippen LogP contribution in [0.1, 0.15) is 40.0 Å². The van der Waals surface area contributed by atoms with E-state index < -0.39 is 0 Å². The van der Waals surface area contributed by atoms with E-state index in [-0.39, 0.29) is 23.3 Å². The molecule has 5 aromatic heterocycles. The number of rotatable bonds is 4. The van der Waals surface area contributed by atoms with Crippen molar-refractivity contribution in [3.8, 4) is 23.1 Å². The van der Waals surface area contributed by atoms with Crippen LogP contribution in [0.5, 0.6) is 0 Å². The van der Waals surface area contributed by atoms with E-state index in [9.17, 15) is 4.79 Å². The molecule has 3 N–H and O–H groups in total. The van der Waals surface area contributed by atoms with E-state index >= 15 is 0 Å².